The van der Waals surface area contributed by atoms with E-state index in [0.29, 0.717) is 19.5 Å². The Morgan fingerprint density at radius 2 is 1.85 bits per heavy atom. The van der Waals surface area contributed by atoms with Crippen LogP contribution >= 0.6 is 35.1 Å². The van der Waals surface area contributed by atoms with Gasteiger partial charge < -0.3 is 5.11 Å². The molecular weight excluding hydrogens is 405 g/mol. The molecule has 1 fully saturated rings. The van der Waals surface area contributed by atoms with E-state index in [1.54, 1.807) is 22.7 Å². The zero-order valence-electron chi connectivity index (χ0n) is 15.5. The molecule has 2 aromatic rings. The van der Waals surface area contributed by atoms with Crippen molar-refractivity contribution in [1.29, 1.82) is 0 Å². The third-order valence-electron chi connectivity index (χ3n) is 4.87. The van der Waals surface area contributed by atoms with E-state index in [0.717, 1.165) is 6.42 Å². The number of aliphatic carboxylic acids is 1. The Kier molecular flexibility index (Phi) is 8.04. The molecule has 1 aliphatic rings. The average Bonchev–Trinajstić information content (AvgIpc) is 3.26. The zero-order valence-corrected chi connectivity index (χ0v) is 17.9. The standard InChI is InChI=1S/C20H24FNO2S2.ClH/c1-13-5-8-25-19(13)17(20-14(2)6-9-26-20)4-3-7-22-12-15(21)10-16(22)11-18(23)24;/h4-6,8-9,15-16H,3,7,10-12H2,1-2H3,(H,23,24);1H/t15-,16+;/m1./s1. The fraction of sp³-hybridized carbons (Fsp3) is 0.450. The third kappa shape index (κ3) is 5.41. The quantitative estimate of drug-likeness (QED) is 0.626. The number of nitrogens with zero attached hydrogens (tertiary/aromatic N) is 1. The van der Waals surface area contributed by atoms with Gasteiger partial charge in [0.2, 0.25) is 0 Å². The number of alkyl halides is 1. The topological polar surface area (TPSA) is 40.5 Å². The van der Waals surface area contributed by atoms with Crippen molar-refractivity contribution >= 4 is 46.6 Å². The highest BCUT2D eigenvalue weighted by molar-refractivity contribution is 7.14. The monoisotopic (exact) mass is 429 g/mol. The molecule has 0 amide bonds. The third-order valence-corrected chi connectivity index (χ3v) is 6.96. The first-order chi connectivity index (χ1) is 12.5. The second-order valence-electron chi connectivity index (χ2n) is 6.85. The lowest BCUT2D eigenvalue weighted by Gasteiger charge is -2.22. The van der Waals surface area contributed by atoms with Crippen molar-refractivity contribution in [3.63, 3.8) is 0 Å². The van der Waals surface area contributed by atoms with Crippen molar-refractivity contribution in [2.24, 2.45) is 0 Å². The number of thiophene rings is 2. The molecule has 0 aromatic carbocycles. The molecule has 7 heteroatoms. The summed E-state index contributed by atoms with van der Waals surface area (Å²) in [6.45, 7) is 5.28. The van der Waals surface area contributed by atoms with Crippen LogP contribution in [-0.2, 0) is 4.79 Å². The highest BCUT2D eigenvalue weighted by atomic mass is 35.5. The molecule has 0 spiro atoms. The first-order valence-electron chi connectivity index (χ1n) is 8.84. The SMILES string of the molecule is Cc1ccsc1C(=CCCN1C[C@H](F)C[C@H]1CC(=O)O)c1sccc1C.Cl. The maximum absolute atomic E-state index is 13.8. The summed E-state index contributed by atoms with van der Waals surface area (Å²) in [5.41, 5.74) is 3.78. The summed E-state index contributed by atoms with van der Waals surface area (Å²) in [6, 6.07) is 4.08. The van der Waals surface area contributed by atoms with E-state index in [9.17, 15) is 9.18 Å². The van der Waals surface area contributed by atoms with Gasteiger partial charge in [0.05, 0.1) is 6.42 Å². The van der Waals surface area contributed by atoms with Crippen molar-refractivity contribution in [1.82, 2.24) is 4.90 Å². The molecule has 0 radical (unpaired) electrons. The molecule has 2 atom stereocenters. The van der Waals surface area contributed by atoms with Crippen LogP contribution in [0.3, 0.4) is 0 Å². The molecule has 0 saturated carbocycles. The molecule has 0 unspecified atom stereocenters. The van der Waals surface area contributed by atoms with Gasteiger partial charge in [0.15, 0.2) is 0 Å². The van der Waals surface area contributed by atoms with Crippen LogP contribution in [0.25, 0.3) is 5.57 Å². The molecule has 148 valence electrons. The number of rotatable bonds is 7. The molecule has 3 heterocycles. The maximum Gasteiger partial charge on any atom is 0.304 e. The Morgan fingerprint density at radius 1 is 1.26 bits per heavy atom. The van der Waals surface area contributed by atoms with Crippen LogP contribution < -0.4 is 0 Å². The molecule has 1 saturated heterocycles. The number of carboxylic acid groups (broad SMARTS) is 1. The van der Waals surface area contributed by atoms with Crippen molar-refractivity contribution in [2.45, 2.75) is 45.3 Å². The van der Waals surface area contributed by atoms with Gasteiger partial charge in [-0.3, -0.25) is 9.69 Å². The summed E-state index contributed by atoms with van der Waals surface area (Å²) < 4.78 is 13.8. The lowest BCUT2D eigenvalue weighted by molar-refractivity contribution is -0.138. The lowest BCUT2D eigenvalue weighted by atomic mass is 10.1. The Bertz CT molecular complexity index is 759. The number of aryl methyl sites for hydroxylation is 2. The Labute approximate surface area is 173 Å². The molecular formula is C20H25ClFNO2S2. The average molecular weight is 430 g/mol. The van der Waals surface area contributed by atoms with Crippen LogP contribution in [0.2, 0.25) is 0 Å². The smallest absolute Gasteiger partial charge is 0.304 e. The zero-order chi connectivity index (χ0) is 18.7. The largest absolute Gasteiger partial charge is 0.481 e. The van der Waals surface area contributed by atoms with Gasteiger partial charge in [-0.05, 0) is 60.7 Å². The second-order valence-corrected chi connectivity index (χ2v) is 8.68. The Hall–Kier alpha value is -1.21. The summed E-state index contributed by atoms with van der Waals surface area (Å²) in [7, 11) is 0. The van der Waals surface area contributed by atoms with Crippen molar-refractivity contribution in [3.8, 4) is 0 Å². The first kappa shape index (κ1) is 22.1. The predicted molar refractivity (Wildman–Crippen MR) is 114 cm³/mol. The van der Waals surface area contributed by atoms with Crippen LogP contribution in [0.15, 0.2) is 29.0 Å². The van der Waals surface area contributed by atoms with Crippen molar-refractivity contribution < 1.29 is 14.3 Å². The highest BCUT2D eigenvalue weighted by Gasteiger charge is 2.32. The predicted octanol–water partition coefficient (Wildman–Crippen LogP) is 5.56. The molecule has 2 aromatic heterocycles. The number of hydrogen-bond acceptors (Lipinski definition) is 4. The Morgan fingerprint density at radius 3 is 2.33 bits per heavy atom. The number of likely N-dealkylation sites (tertiary alicyclic amines) is 1. The van der Waals surface area contributed by atoms with Crippen LogP contribution in [0.1, 0.15) is 40.1 Å². The number of halogens is 2. The summed E-state index contributed by atoms with van der Waals surface area (Å²) in [5, 5.41) is 13.3. The van der Waals surface area contributed by atoms with Gasteiger partial charge >= 0.3 is 5.97 Å². The van der Waals surface area contributed by atoms with E-state index < -0.39 is 12.1 Å². The normalized spacial score (nSPS) is 19.7. The molecule has 1 N–H and O–H groups in total. The minimum absolute atomic E-state index is 0. The van der Waals surface area contributed by atoms with Gasteiger partial charge in [-0.2, -0.15) is 0 Å². The minimum atomic E-state index is -0.915. The van der Waals surface area contributed by atoms with Gasteiger partial charge in [0.1, 0.15) is 6.17 Å². The Balaban J connectivity index is 0.00000261. The lowest BCUT2D eigenvalue weighted by Crippen LogP contribution is -2.32. The van der Waals surface area contributed by atoms with Crippen LogP contribution in [0.5, 0.6) is 0 Å². The van der Waals surface area contributed by atoms with Gasteiger partial charge in [-0.25, -0.2) is 4.39 Å². The number of hydrogen-bond donors (Lipinski definition) is 1. The first-order valence-corrected chi connectivity index (χ1v) is 10.6. The highest BCUT2D eigenvalue weighted by Crippen LogP contribution is 2.35. The fourth-order valence-corrected chi connectivity index (χ4v) is 5.58. The molecule has 3 rings (SSSR count). The number of carboxylic acids is 1. The molecule has 3 nitrogen and oxygen atoms in total. The molecule has 0 aliphatic carbocycles. The maximum atomic E-state index is 13.8. The van der Waals surface area contributed by atoms with E-state index in [1.165, 1.54) is 26.5 Å². The van der Waals surface area contributed by atoms with E-state index in [1.807, 2.05) is 4.90 Å². The van der Waals surface area contributed by atoms with E-state index in [2.05, 4.69) is 42.8 Å². The van der Waals surface area contributed by atoms with Crippen molar-refractivity contribution in [2.75, 3.05) is 13.1 Å². The van der Waals surface area contributed by atoms with E-state index >= 15 is 0 Å². The summed E-state index contributed by atoms with van der Waals surface area (Å²) >= 11 is 3.49. The summed E-state index contributed by atoms with van der Waals surface area (Å²) in [6.07, 6.45) is 2.46. The van der Waals surface area contributed by atoms with Crippen LogP contribution in [0, 0.1) is 13.8 Å². The fourth-order valence-electron chi connectivity index (χ4n) is 3.57. The second kappa shape index (κ2) is 9.82. The van der Waals surface area contributed by atoms with Gasteiger partial charge in [-0.15, -0.1) is 35.1 Å². The van der Waals surface area contributed by atoms with Crippen LogP contribution in [-0.4, -0.2) is 41.3 Å². The van der Waals surface area contributed by atoms with Crippen LogP contribution in [0.4, 0.5) is 4.39 Å². The molecule has 1 aliphatic heterocycles. The van der Waals surface area contributed by atoms with Gasteiger partial charge in [0.25, 0.3) is 0 Å². The molecule has 27 heavy (non-hydrogen) atoms. The van der Waals surface area contributed by atoms with Crippen molar-refractivity contribution in [3.05, 3.63) is 49.9 Å². The molecule has 0 bridgehead atoms. The van der Waals surface area contributed by atoms with E-state index in [4.69, 9.17) is 5.11 Å². The van der Waals surface area contributed by atoms with E-state index in [-0.39, 0.29) is 24.9 Å². The number of carbonyl (C=O) groups is 1. The summed E-state index contributed by atoms with van der Waals surface area (Å²) in [4.78, 5) is 15.6. The van der Waals surface area contributed by atoms with Gasteiger partial charge in [-0.1, -0.05) is 6.08 Å². The minimum Gasteiger partial charge on any atom is -0.481 e. The summed E-state index contributed by atoms with van der Waals surface area (Å²) in [5.74, 6) is -0.853. The van der Waals surface area contributed by atoms with Gasteiger partial charge in [0, 0.05) is 34.5 Å².